The maximum absolute atomic E-state index is 13.8. The SMILES string of the molecule is C=C/C=C(\C=C/C)N(C(=O)C/C=C\C(=C/C)C(=O)N(C(/C=C\CC)=C/C)c1ccccc1)c1ccccc1.CC. The highest BCUT2D eigenvalue weighted by atomic mass is 16.2. The quantitative estimate of drug-likeness (QED) is 0.200. The van der Waals surface area contributed by atoms with Crippen LogP contribution in [-0.2, 0) is 9.59 Å². The number of allylic oxidation sites excluding steroid dienone is 8. The summed E-state index contributed by atoms with van der Waals surface area (Å²) in [6, 6.07) is 19.1. The van der Waals surface area contributed by atoms with Crippen molar-refractivity contribution in [2.24, 2.45) is 0 Å². The van der Waals surface area contributed by atoms with E-state index in [0.717, 1.165) is 23.5 Å². The molecule has 0 aromatic heterocycles. The van der Waals surface area contributed by atoms with E-state index in [1.165, 1.54) is 0 Å². The van der Waals surface area contributed by atoms with Crippen LogP contribution in [0.1, 0.15) is 54.4 Å². The third kappa shape index (κ3) is 10.0. The molecule has 0 saturated carbocycles. The fraction of sp³-hybridized carbons (Fsp3) is 0.222. The molecule has 0 heterocycles. The van der Waals surface area contributed by atoms with Crippen molar-refractivity contribution in [2.75, 3.05) is 9.80 Å². The Balaban J connectivity index is 0.00000391. The average Bonchev–Trinajstić information content (AvgIpc) is 2.99. The molecule has 0 saturated heterocycles. The van der Waals surface area contributed by atoms with Crippen LogP contribution in [0.5, 0.6) is 0 Å². The number of nitrogens with zero attached hydrogens (tertiary/aromatic N) is 2. The molecule has 0 spiro atoms. The van der Waals surface area contributed by atoms with Gasteiger partial charge < -0.3 is 0 Å². The lowest BCUT2D eigenvalue weighted by atomic mass is 10.1. The average molecular weight is 537 g/mol. The molecule has 40 heavy (non-hydrogen) atoms. The van der Waals surface area contributed by atoms with Gasteiger partial charge in [-0.2, -0.15) is 0 Å². The van der Waals surface area contributed by atoms with Crippen LogP contribution in [0.15, 0.2) is 145 Å². The molecule has 0 aliphatic carbocycles. The molecule has 0 unspecified atom stereocenters. The molecule has 0 aliphatic rings. The number of carbonyl (C=O) groups is 2. The molecule has 4 heteroatoms. The van der Waals surface area contributed by atoms with Crippen LogP contribution < -0.4 is 9.80 Å². The topological polar surface area (TPSA) is 40.6 Å². The third-order valence-electron chi connectivity index (χ3n) is 5.59. The number of carbonyl (C=O) groups excluding carboxylic acids is 2. The molecule has 0 aliphatic heterocycles. The number of anilines is 2. The van der Waals surface area contributed by atoms with E-state index < -0.39 is 0 Å². The molecule has 0 bridgehead atoms. The lowest BCUT2D eigenvalue weighted by molar-refractivity contribution is -0.117. The van der Waals surface area contributed by atoms with Crippen molar-refractivity contribution in [2.45, 2.75) is 54.4 Å². The minimum atomic E-state index is -0.169. The van der Waals surface area contributed by atoms with Gasteiger partial charge in [0.25, 0.3) is 5.91 Å². The van der Waals surface area contributed by atoms with Crippen molar-refractivity contribution in [3.05, 3.63) is 145 Å². The molecule has 2 amide bonds. The summed E-state index contributed by atoms with van der Waals surface area (Å²) in [5.41, 5.74) is 3.52. The smallest absolute Gasteiger partial charge is 0.262 e. The fourth-order valence-corrected chi connectivity index (χ4v) is 3.81. The minimum absolute atomic E-state index is 0.114. The first kappa shape index (κ1) is 33.6. The van der Waals surface area contributed by atoms with Crippen LogP contribution in [0.4, 0.5) is 11.4 Å². The monoisotopic (exact) mass is 536 g/mol. The second-order valence-corrected chi connectivity index (χ2v) is 8.24. The van der Waals surface area contributed by atoms with E-state index in [-0.39, 0.29) is 18.2 Å². The number of amides is 2. The zero-order valence-electron chi connectivity index (χ0n) is 24.9. The summed E-state index contributed by atoms with van der Waals surface area (Å²) in [5, 5.41) is 0. The van der Waals surface area contributed by atoms with Gasteiger partial charge in [-0.3, -0.25) is 19.4 Å². The molecule has 0 radical (unpaired) electrons. The van der Waals surface area contributed by atoms with Gasteiger partial charge in [-0.25, -0.2) is 0 Å². The first-order valence-electron chi connectivity index (χ1n) is 13.9. The number of hydrogen-bond donors (Lipinski definition) is 0. The molecule has 2 rings (SSSR count). The summed E-state index contributed by atoms with van der Waals surface area (Å²) >= 11 is 0. The van der Waals surface area contributed by atoms with E-state index >= 15 is 0 Å². The molecule has 4 nitrogen and oxygen atoms in total. The van der Waals surface area contributed by atoms with Gasteiger partial charge in [0.05, 0.1) is 0 Å². The maximum Gasteiger partial charge on any atom is 0.262 e. The molecule has 0 N–H and O–H groups in total. The Morgan fingerprint density at radius 1 is 0.750 bits per heavy atom. The predicted octanol–water partition coefficient (Wildman–Crippen LogP) is 9.49. The molecular formula is C36H44N2O2. The third-order valence-corrected chi connectivity index (χ3v) is 5.59. The fourth-order valence-electron chi connectivity index (χ4n) is 3.81. The van der Waals surface area contributed by atoms with E-state index in [2.05, 4.69) is 13.5 Å². The van der Waals surface area contributed by atoms with Crippen LogP contribution in [0.3, 0.4) is 0 Å². The van der Waals surface area contributed by atoms with Gasteiger partial charge >= 0.3 is 0 Å². The standard InChI is InChI=1S/C34H38N2O2.C2H6/c1-6-11-22-29(10-5)36(32-25-16-13-17-26-32)34(38)28(9-4)21-18-27-33(37)35(30(19-7-2)20-8-3)31-23-14-12-15-24-31;1-2/h7-26H,2,6,27H2,1,3-5H3;1-2H3/b20-8-,21-18-,22-11-,28-9+,29-10+,30-19+;. The summed E-state index contributed by atoms with van der Waals surface area (Å²) in [6.45, 7) is 15.5. The summed E-state index contributed by atoms with van der Waals surface area (Å²) in [7, 11) is 0. The van der Waals surface area contributed by atoms with Gasteiger partial charge in [-0.05, 0) is 69.7 Å². The molecule has 2 aromatic carbocycles. The highest BCUT2D eigenvalue weighted by Crippen LogP contribution is 2.24. The lowest BCUT2D eigenvalue weighted by Gasteiger charge is -2.25. The summed E-state index contributed by atoms with van der Waals surface area (Å²) < 4.78 is 0. The Labute approximate surface area is 241 Å². The van der Waals surface area contributed by atoms with Crippen LogP contribution in [0.25, 0.3) is 0 Å². The highest BCUT2D eigenvalue weighted by molar-refractivity contribution is 6.10. The first-order valence-corrected chi connectivity index (χ1v) is 13.9. The number of para-hydroxylation sites is 2. The van der Waals surface area contributed by atoms with Gasteiger partial charge in [0.15, 0.2) is 0 Å². The van der Waals surface area contributed by atoms with E-state index in [9.17, 15) is 9.59 Å². The van der Waals surface area contributed by atoms with Crippen molar-refractivity contribution in [1.82, 2.24) is 0 Å². The van der Waals surface area contributed by atoms with Crippen molar-refractivity contribution in [1.29, 1.82) is 0 Å². The zero-order chi connectivity index (χ0) is 29.8. The first-order chi connectivity index (χ1) is 19.5. The molecule has 2 aromatic rings. The Hall–Kier alpha value is -4.44. The van der Waals surface area contributed by atoms with Crippen molar-refractivity contribution < 1.29 is 9.59 Å². The van der Waals surface area contributed by atoms with E-state index in [0.29, 0.717) is 11.3 Å². The van der Waals surface area contributed by atoms with E-state index in [1.807, 2.05) is 126 Å². The lowest BCUT2D eigenvalue weighted by Crippen LogP contribution is -2.30. The second-order valence-electron chi connectivity index (χ2n) is 8.24. The van der Waals surface area contributed by atoms with Gasteiger partial charge in [0, 0.05) is 34.8 Å². The Morgan fingerprint density at radius 3 is 1.80 bits per heavy atom. The largest absolute Gasteiger partial charge is 0.281 e. The predicted molar refractivity (Wildman–Crippen MR) is 173 cm³/mol. The number of benzene rings is 2. The molecule has 210 valence electrons. The van der Waals surface area contributed by atoms with Crippen molar-refractivity contribution in [3.63, 3.8) is 0 Å². The van der Waals surface area contributed by atoms with Crippen molar-refractivity contribution >= 4 is 23.2 Å². The Morgan fingerprint density at radius 2 is 1.32 bits per heavy atom. The number of rotatable bonds is 12. The summed E-state index contributed by atoms with van der Waals surface area (Å²) in [4.78, 5) is 30.5. The highest BCUT2D eigenvalue weighted by Gasteiger charge is 2.21. The van der Waals surface area contributed by atoms with Crippen LogP contribution >= 0.6 is 0 Å². The van der Waals surface area contributed by atoms with Gasteiger partial charge in [0.1, 0.15) is 0 Å². The van der Waals surface area contributed by atoms with Gasteiger partial charge in [-0.15, -0.1) is 0 Å². The van der Waals surface area contributed by atoms with Crippen LogP contribution in [0, 0.1) is 0 Å². The van der Waals surface area contributed by atoms with E-state index in [1.54, 1.807) is 40.2 Å². The Bertz CT molecular complexity index is 1250. The second kappa shape index (κ2) is 19.6. The summed E-state index contributed by atoms with van der Waals surface area (Å²) in [5.74, 6) is -0.293. The molecule has 0 fully saturated rings. The summed E-state index contributed by atoms with van der Waals surface area (Å²) in [6.07, 6.45) is 19.3. The molecule has 0 atom stereocenters. The number of hydrogen-bond acceptors (Lipinski definition) is 2. The van der Waals surface area contributed by atoms with Gasteiger partial charge in [-0.1, -0.05) is 106 Å². The van der Waals surface area contributed by atoms with Crippen molar-refractivity contribution in [3.8, 4) is 0 Å². The Kier molecular flexibility index (Phi) is 16.5. The minimum Gasteiger partial charge on any atom is -0.281 e. The normalized spacial score (nSPS) is 12.4. The van der Waals surface area contributed by atoms with Gasteiger partial charge in [0.2, 0.25) is 5.91 Å². The maximum atomic E-state index is 13.8. The molecular weight excluding hydrogens is 492 g/mol. The van der Waals surface area contributed by atoms with Crippen LogP contribution in [-0.4, -0.2) is 11.8 Å². The van der Waals surface area contributed by atoms with E-state index in [4.69, 9.17) is 0 Å². The van der Waals surface area contributed by atoms with Crippen LogP contribution in [0.2, 0.25) is 0 Å². The zero-order valence-corrected chi connectivity index (χ0v) is 24.9.